The first kappa shape index (κ1) is 12.2. The third-order valence-electron chi connectivity index (χ3n) is 3.14. The van der Waals surface area contributed by atoms with Gasteiger partial charge in [-0.15, -0.1) is 0 Å². The number of nitrogens with two attached hydrogens (primary N) is 1. The average Bonchev–Trinajstić information content (AvgIpc) is 2.46. The molecular formula is C14H12N4O2. The average molecular weight is 268 g/mol. The van der Waals surface area contributed by atoms with E-state index in [-0.39, 0.29) is 17.0 Å². The van der Waals surface area contributed by atoms with Crippen molar-refractivity contribution in [1.29, 1.82) is 0 Å². The zero-order valence-corrected chi connectivity index (χ0v) is 10.8. The quantitative estimate of drug-likeness (QED) is 0.703. The van der Waals surface area contributed by atoms with E-state index in [9.17, 15) is 9.59 Å². The third-order valence-corrected chi connectivity index (χ3v) is 3.14. The fraction of sp³-hybridized carbons (Fsp3) is 0.0714. The van der Waals surface area contributed by atoms with Gasteiger partial charge in [0, 0.05) is 7.05 Å². The molecule has 0 fully saturated rings. The Kier molecular flexibility index (Phi) is 2.64. The van der Waals surface area contributed by atoms with Gasteiger partial charge < -0.3 is 5.73 Å². The molecule has 3 aromatic rings. The lowest BCUT2D eigenvalue weighted by atomic mass is 10.3. The maximum atomic E-state index is 12.4. The molecule has 6 nitrogen and oxygen atoms in total. The van der Waals surface area contributed by atoms with Crippen LogP contribution >= 0.6 is 0 Å². The highest BCUT2D eigenvalue weighted by Gasteiger charge is 2.13. The second-order valence-electron chi connectivity index (χ2n) is 4.42. The van der Waals surface area contributed by atoms with Crippen LogP contribution in [-0.4, -0.2) is 14.1 Å². The summed E-state index contributed by atoms with van der Waals surface area (Å²) in [4.78, 5) is 28.6. The van der Waals surface area contributed by atoms with Gasteiger partial charge in [-0.2, -0.15) is 0 Å². The number of para-hydroxylation sites is 1. The summed E-state index contributed by atoms with van der Waals surface area (Å²) in [5.74, 6) is 0.259. The smallest absolute Gasteiger partial charge is 0.337 e. The predicted octanol–water partition coefficient (Wildman–Crippen LogP) is 0.667. The molecule has 0 aliphatic carbocycles. The molecular weight excluding hydrogens is 256 g/mol. The Bertz CT molecular complexity index is 910. The summed E-state index contributed by atoms with van der Waals surface area (Å²) in [6.07, 6.45) is 0. The van der Waals surface area contributed by atoms with Crippen LogP contribution < -0.4 is 17.0 Å². The van der Waals surface area contributed by atoms with Gasteiger partial charge in [0.25, 0.3) is 5.56 Å². The van der Waals surface area contributed by atoms with Crippen LogP contribution in [0.2, 0.25) is 0 Å². The van der Waals surface area contributed by atoms with Crippen molar-refractivity contribution in [2.75, 3.05) is 5.73 Å². The second kappa shape index (κ2) is 4.34. The highest BCUT2D eigenvalue weighted by atomic mass is 16.2. The van der Waals surface area contributed by atoms with Gasteiger partial charge in [0.15, 0.2) is 5.65 Å². The normalized spacial score (nSPS) is 10.8. The van der Waals surface area contributed by atoms with E-state index in [1.165, 1.54) is 11.6 Å². The first-order valence-electron chi connectivity index (χ1n) is 6.03. The number of hydrogen-bond donors (Lipinski definition) is 1. The SMILES string of the molecule is Cn1c(=O)c2ccc(N)nc2n(-c2ccccc2)c1=O. The molecule has 1 aromatic carbocycles. The van der Waals surface area contributed by atoms with Gasteiger partial charge in [-0.25, -0.2) is 14.3 Å². The fourth-order valence-corrected chi connectivity index (χ4v) is 2.12. The Morgan fingerprint density at radius 2 is 1.75 bits per heavy atom. The van der Waals surface area contributed by atoms with Crippen LogP contribution in [0.25, 0.3) is 16.7 Å². The van der Waals surface area contributed by atoms with Crippen molar-refractivity contribution in [3.05, 3.63) is 63.3 Å². The molecule has 2 aromatic heterocycles. The van der Waals surface area contributed by atoms with Crippen LogP contribution in [0, 0.1) is 0 Å². The Morgan fingerprint density at radius 1 is 1.05 bits per heavy atom. The first-order valence-corrected chi connectivity index (χ1v) is 6.03. The molecule has 0 amide bonds. The number of nitrogen functional groups attached to an aromatic ring is 1. The molecule has 0 saturated heterocycles. The number of hydrogen-bond acceptors (Lipinski definition) is 4. The van der Waals surface area contributed by atoms with Crippen molar-refractivity contribution in [3.63, 3.8) is 0 Å². The zero-order chi connectivity index (χ0) is 14.3. The number of benzene rings is 1. The summed E-state index contributed by atoms with van der Waals surface area (Å²) >= 11 is 0. The van der Waals surface area contributed by atoms with Crippen LogP contribution in [0.3, 0.4) is 0 Å². The molecule has 2 N–H and O–H groups in total. The molecule has 0 aliphatic heterocycles. The summed E-state index contributed by atoms with van der Waals surface area (Å²) in [6.45, 7) is 0. The highest BCUT2D eigenvalue weighted by molar-refractivity contribution is 5.77. The van der Waals surface area contributed by atoms with E-state index >= 15 is 0 Å². The predicted molar refractivity (Wildman–Crippen MR) is 77.0 cm³/mol. The minimum absolute atomic E-state index is 0.259. The maximum absolute atomic E-state index is 12.4. The Morgan fingerprint density at radius 3 is 2.45 bits per heavy atom. The molecule has 2 heterocycles. The summed E-state index contributed by atoms with van der Waals surface area (Å²) in [5, 5.41) is 0.352. The Balaban J connectivity index is 2.57. The summed E-state index contributed by atoms with van der Waals surface area (Å²) in [6, 6.07) is 12.1. The Labute approximate surface area is 113 Å². The van der Waals surface area contributed by atoms with Crippen molar-refractivity contribution in [2.24, 2.45) is 7.05 Å². The highest BCUT2D eigenvalue weighted by Crippen LogP contribution is 2.13. The molecule has 20 heavy (non-hydrogen) atoms. The molecule has 0 radical (unpaired) electrons. The minimum atomic E-state index is -0.452. The molecule has 100 valence electrons. The van der Waals surface area contributed by atoms with Crippen molar-refractivity contribution >= 4 is 16.9 Å². The zero-order valence-electron chi connectivity index (χ0n) is 10.8. The van der Waals surface area contributed by atoms with Crippen molar-refractivity contribution in [3.8, 4) is 5.69 Å². The number of aromatic nitrogens is 3. The van der Waals surface area contributed by atoms with E-state index < -0.39 is 5.69 Å². The first-order chi connectivity index (χ1) is 9.59. The fourth-order valence-electron chi connectivity index (χ4n) is 2.12. The number of pyridine rings is 1. The van der Waals surface area contributed by atoms with Gasteiger partial charge in [0.2, 0.25) is 0 Å². The van der Waals surface area contributed by atoms with Crippen molar-refractivity contribution < 1.29 is 0 Å². The van der Waals surface area contributed by atoms with Crippen molar-refractivity contribution in [1.82, 2.24) is 14.1 Å². The molecule has 0 atom stereocenters. The minimum Gasteiger partial charge on any atom is -0.384 e. The lowest BCUT2D eigenvalue weighted by Gasteiger charge is -2.11. The number of anilines is 1. The second-order valence-corrected chi connectivity index (χ2v) is 4.42. The van der Waals surface area contributed by atoms with Crippen molar-refractivity contribution in [2.45, 2.75) is 0 Å². The van der Waals surface area contributed by atoms with E-state index in [1.807, 2.05) is 18.2 Å². The number of rotatable bonds is 1. The van der Waals surface area contributed by atoms with E-state index in [2.05, 4.69) is 4.98 Å². The van der Waals surface area contributed by atoms with Gasteiger partial charge in [0.1, 0.15) is 5.82 Å². The monoisotopic (exact) mass is 268 g/mol. The van der Waals surface area contributed by atoms with Crippen LogP contribution in [-0.2, 0) is 7.05 Å². The van der Waals surface area contributed by atoms with Gasteiger partial charge in [-0.05, 0) is 24.3 Å². The summed E-state index contributed by atoms with van der Waals surface area (Å²) < 4.78 is 2.44. The number of fused-ring (bicyclic) bond motifs is 1. The molecule has 0 bridgehead atoms. The Hall–Kier alpha value is -2.89. The lowest BCUT2D eigenvalue weighted by Crippen LogP contribution is -2.37. The van der Waals surface area contributed by atoms with Crippen LogP contribution in [0.5, 0.6) is 0 Å². The van der Waals surface area contributed by atoms with E-state index in [0.29, 0.717) is 11.1 Å². The molecule has 6 heteroatoms. The van der Waals surface area contributed by atoms with Gasteiger partial charge >= 0.3 is 5.69 Å². The van der Waals surface area contributed by atoms with Gasteiger partial charge in [-0.3, -0.25) is 9.36 Å². The molecule has 0 spiro atoms. The molecule has 3 rings (SSSR count). The maximum Gasteiger partial charge on any atom is 0.337 e. The molecule has 0 saturated carbocycles. The topological polar surface area (TPSA) is 82.9 Å². The van der Waals surface area contributed by atoms with E-state index in [0.717, 1.165) is 4.57 Å². The molecule has 0 aliphatic rings. The lowest BCUT2D eigenvalue weighted by molar-refractivity contribution is 0.748. The van der Waals surface area contributed by atoms with Crippen LogP contribution in [0.4, 0.5) is 5.82 Å². The largest absolute Gasteiger partial charge is 0.384 e. The number of nitrogens with zero attached hydrogens (tertiary/aromatic N) is 3. The molecule has 0 unspecified atom stereocenters. The standard InChI is InChI=1S/C14H12N4O2/c1-17-13(19)10-7-8-11(15)16-12(10)18(14(17)20)9-5-3-2-4-6-9/h2-8H,1H3,(H2,15,16). The van der Waals surface area contributed by atoms with E-state index in [1.54, 1.807) is 24.3 Å². The van der Waals surface area contributed by atoms with Crippen LogP contribution in [0.15, 0.2) is 52.1 Å². The van der Waals surface area contributed by atoms with Gasteiger partial charge in [0.05, 0.1) is 11.1 Å². The van der Waals surface area contributed by atoms with Crippen LogP contribution in [0.1, 0.15) is 0 Å². The third kappa shape index (κ3) is 1.70. The van der Waals surface area contributed by atoms with E-state index in [4.69, 9.17) is 5.73 Å². The summed E-state index contributed by atoms with van der Waals surface area (Å²) in [5.41, 5.74) is 5.74. The summed E-state index contributed by atoms with van der Waals surface area (Å²) in [7, 11) is 1.44. The van der Waals surface area contributed by atoms with Gasteiger partial charge in [-0.1, -0.05) is 18.2 Å².